The molecule has 0 atom stereocenters. The first-order chi connectivity index (χ1) is 7.70. The predicted molar refractivity (Wildman–Crippen MR) is 61.1 cm³/mol. The summed E-state index contributed by atoms with van der Waals surface area (Å²) in [4.78, 5) is 4.00. The van der Waals surface area contributed by atoms with Crippen LogP contribution in [0.1, 0.15) is 44.2 Å². The number of pyridine rings is 1. The van der Waals surface area contributed by atoms with E-state index in [1.165, 1.54) is 20.0 Å². The lowest BCUT2D eigenvalue weighted by atomic mass is 9.81. The van der Waals surface area contributed by atoms with Crippen molar-refractivity contribution in [2.24, 2.45) is 5.92 Å². The van der Waals surface area contributed by atoms with E-state index in [4.69, 9.17) is 4.74 Å². The van der Waals surface area contributed by atoms with Crippen LogP contribution in [0, 0.1) is 11.9 Å². The molecule has 0 amide bonds. The van der Waals surface area contributed by atoms with Crippen molar-refractivity contribution < 1.29 is 9.13 Å². The first-order valence-electron chi connectivity index (χ1n) is 5.91. The Morgan fingerprint density at radius 2 is 1.94 bits per heavy atom. The molecule has 0 aromatic carbocycles. The fourth-order valence-electron chi connectivity index (χ4n) is 2.37. The van der Waals surface area contributed by atoms with Gasteiger partial charge in [0.15, 0.2) is 5.75 Å². The van der Waals surface area contributed by atoms with E-state index in [0.29, 0.717) is 5.92 Å². The van der Waals surface area contributed by atoms with Crippen LogP contribution in [0.5, 0.6) is 5.75 Å². The first-order valence-corrected chi connectivity index (χ1v) is 5.91. The van der Waals surface area contributed by atoms with Crippen LogP contribution in [0.4, 0.5) is 4.39 Å². The number of hydrogen-bond donors (Lipinski definition) is 0. The molecule has 1 aliphatic rings. The molecule has 16 heavy (non-hydrogen) atoms. The van der Waals surface area contributed by atoms with Crippen molar-refractivity contribution in [3.05, 3.63) is 23.8 Å². The molecule has 1 aromatic heterocycles. The van der Waals surface area contributed by atoms with E-state index in [-0.39, 0.29) is 5.75 Å². The molecule has 88 valence electrons. The van der Waals surface area contributed by atoms with E-state index in [2.05, 4.69) is 11.9 Å². The zero-order valence-electron chi connectivity index (χ0n) is 9.87. The van der Waals surface area contributed by atoms with Gasteiger partial charge in [0.05, 0.1) is 7.11 Å². The Balaban J connectivity index is 2.12. The molecule has 0 N–H and O–H groups in total. The van der Waals surface area contributed by atoms with Gasteiger partial charge in [0.1, 0.15) is 0 Å². The molecular formula is C13H18FNO. The Labute approximate surface area is 95.8 Å². The maximum atomic E-state index is 13.4. The highest BCUT2D eigenvalue weighted by Crippen LogP contribution is 2.35. The third-order valence-electron chi connectivity index (χ3n) is 3.49. The van der Waals surface area contributed by atoms with Crippen molar-refractivity contribution in [1.29, 1.82) is 0 Å². The summed E-state index contributed by atoms with van der Waals surface area (Å²) in [7, 11) is 1.46. The molecule has 0 bridgehead atoms. The maximum Gasteiger partial charge on any atom is 0.255 e. The molecule has 1 fully saturated rings. The average Bonchev–Trinajstić information content (AvgIpc) is 2.30. The van der Waals surface area contributed by atoms with Crippen LogP contribution in [0.15, 0.2) is 12.1 Å². The minimum absolute atomic E-state index is 0.230. The number of nitrogens with zero attached hydrogens (tertiary/aromatic N) is 1. The van der Waals surface area contributed by atoms with Crippen LogP contribution in [0.3, 0.4) is 0 Å². The molecule has 2 nitrogen and oxygen atoms in total. The molecular weight excluding hydrogens is 205 g/mol. The van der Waals surface area contributed by atoms with Gasteiger partial charge >= 0.3 is 0 Å². The van der Waals surface area contributed by atoms with Crippen molar-refractivity contribution in [1.82, 2.24) is 4.98 Å². The SMILES string of the molecule is COc1ccc(C2CCC(C)CC2)nc1F. The smallest absolute Gasteiger partial charge is 0.255 e. The first kappa shape index (κ1) is 11.4. The second-order valence-electron chi connectivity index (χ2n) is 4.69. The van der Waals surface area contributed by atoms with Gasteiger partial charge in [-0.1, -0.05) is 19.8 Å². The van der Waals surface area contributed by atoms with Crippen LogP contribution in [0.25, 0.3) is 0 Å². The zero-order valence-corrected chi connectivity index (χ0v) is 9.87. The highest BCUT2D eigenvalue weighted by atomic mass is 19.1. The summed E-state index contributed by atoms with van der Waals surface area (Å²) in [6.07, 6.45) is 4.69. The average molecular weight is 223 g/mol. The van der Waals surface area contributed by atoms with Gasteiger partial charge in [0.25, 0.3) is 5.95 Å². The second kappa shape index (κ2) is 4.81. The molecule has 1 heterocycles. The van der Waals surface area contributed by atoms with Gasteiger partial charge in [-0.15, -0.1) is 0 Å². The van der Waals surface area contributed by atoms with Gasteiger partial charge in [0.2, 0.25) is 0 Å². The lowest BCUT2D eigenvalue weighted by molar-refractivity contribution is 0.337. The Bertz CT molecular complexity index is 359. The summed E-state index contributed by atoms with van der Waals surface area (Å²) in [5.41, 5.74) is 0.880. The normalized spacial score (nSPS) is 25.4. The molecule has 3 heteroatoms. The molecule has 1 saturated carbocycles. The molecule has 0 spiro atoms. The molecule has 1 aliphatic carbocycles. The number of aromatic nitrogens is 1. The molecule has 1 aromatic rings. The van der Waals surface area contributed by atoms with Crippen LogP contribution in [-0.2, 0) is 0 Å². The summed E-state index contributed by atoms with van der Waals surface area (Å²) in [5.74, 6) is 0.975. The number of rotatable bonds is 2. The minimum Gasteiger partial charge on any atom is -0.492 e. The Morgan fingerprint density at radius 1 is 1.25 bits per heavy atom. The highest BCUT2D eigenvalue weighted by Gasteiger charge is 2.21. The summed E-state index contributed by atoms with van der Waals surface area (Å²) in [6, 6.07) is 3.57. The van der Waals surface area contributed by atoms with E-state index in [9.17, 15) is 4.39 Å². The largest absolute Gasteiger partial charge is 0.492 e. The zero-order chi connectivity index (χ0) is 11.5. The number of ether oxygens (including phenoxy) is 1. The maximum absolute atomic E-state index is 13.4. The Morgan fingerprint density at radius 3 is 2.50 bits per heavy atom. The van der Waals surface area contributed by atoms with Gasteiger partial charge in [0, 0.05) is 11.6 Å². The summed E-state index contributed by atoms with van der Waals surface area (Å²) in [5, 5.41) is 0. The number of methoxy groups -OCH3 is 1. The third-order valence-corrected chi connectivity index (χ3v) is 3.49. The number of hydrogen-bond acceptors (Lipinski definition) is 2. The molecule has 0 unspecified atom stereocenters. The summed E-state index contributed by atoms with van der Waals surface area (Å²) < 4.78 is 18.3. The molecule has 0 aliphatic heterocycles. The van der Waals surface area contributed by atoms with Gasteiger partial charge in [-0.2, -0.15) is 4.39 Å². The quantitative estimate of drug-likeness (QED) is 0.716. The van der Waals surface area contributed by atoms with Crippen LogP contribution in [-0.4, -0.2) is 12.1 Å². The second-order valence-corrected chi connectivity index (χ2v) is 4.69. The Hall–Kier alpha value is -1.12. The van der Waals surface area contributed by atoms with Crippen molar-refractivity contribution in [3.8, 4) is 5.75 Å². The molecule has 0 radical (unpaired) electrons. The van der Waals surface area contributed by atoms with E-state index in [1.54, 1.807) is 6.07 Å². The highest BCUT2D eigenvalue weighted by molar-refractivity contribution is 5.23. The fraction of sp³-hybridized carbons (Fsp3) is 0.615. The lowest BCUT2D eigenvalue weighted by Gasteiger charge is -2.25. The number of halogens is 1. The van der Waals surface area contributed by atoms with Crippen LogP contribution < -0.4 is 4.74 Å². The van der Waals surface area contributed by atoms with Crippen LogP contribution in [0.2, 0.25) is 0 Å². The van der Waals surface area contributed by atoms with E-state index in [1.807, 2.05) is 6.07 Å². The molecule has 2 rings (SSSR count). The van der Waals surface area contributed by atoms with E-state index >= 15 is 0 Å². The Kier molecular flexibility index (Phi) is 3.42. The van der Waals surface area contributed by atoms with Gasteiger partial charge < -0.3 is 4.74 Å². The van der Waals surface area contributed by atoms with Crippen molar-refractivity contribution >= 4 is 0 Å². The monoisotopic (exact) mass is 223 g/mol. The van der Waals surface area contributed by atoms with Gasteiger partial charge in [-0.3, -0.25) is 0 Å². The lowest BCUT2D eigenvalue weighted by Crippen LogP contribution is -2.12. The predicted octanol–water partition coefficient (Wildman–Crippen LogP) is 3.52. The molecule has 0 saturated heterocycles. The third kappa shape index (κ3) is 2.34. The van der Waals surface area contributed by atoms with Crippen molar-refractivity contribution in [2.75, 3.05) is 7.11 Å². The van der Waals surface area contributed by atoms with E-state index in [0.717, 1.165) is 24.5 Å². The summed E-state index contributed by atoms with van der Waals surface area (Å²) >= 11 is 0. The van der Waals surface area contributed by atoms with Crippen molar-refractivity contribution in [2.45, 2.75) is 38.5 Å². The van der Waals surface area contributed by atoms with Gasteiger partial charge in [-0.05, 0) is 30.9 Å². The van der Waals surface area contributed by atoms with Gasteiger partial charge in [-0.25, -0.2) is 4.98 Å². The summed E-state index contributed by atoms with van der Waals surface area (Å²) in [6.45, 7) is 2.28. The van der Waals surface area contributed by atoms with Crippen molar-refractivity contribution in [3.63, 3.8) is 0 Å². The minimum atomic E-state index is -0.487. The topological polar surface area (TPSA) is 22.1 Å². The fourth-order valence-corrected chi connectivity index (χ4v) is 2.37. The van der Waals surface area contributed by atoms with E-state index < -0.39 is 5.95 Å². The standard InChI is InChI=1S/C13H18FNO/c1-9-3-5-10(6-4-9)11-7-8-12(16-2)13(14)15-11/h7-10H,3-6H2,1-2H3. The van der Waals surface area contributed by atoms with Crippen LogP contribution >= 0.6 is 0 Å².